The number of rotatable bonds is 7. The molecule has 1 heterocycles. The molecule has 0 bridgehead atoms. The van der Waals surface area contributed by atoms with Gasteiger partial charge in [-0.25, -0.2) is 13.2 Å². The standard InChI is InChI=1S/C20H30N2O6S/c1-13(2)16(5)21-19(23)12-27-20(24)17-7-6-8-18(9-17)29(25,26)22-10-14(3)28-15(4)11-22/h6-9,13-16H,10-12H2,1-5H3,(H,21,23)/t14-,15-,16+/m1/s1. The Kier molecular flexibility index (Phi) is 7.79. The number of nitrogens with one attached hydrogen (secondary N) is 1. The van der Waals surface area contributed by atoms with E-state index in [1.165, 1.54) is 28.6 Å². The minimum Gasteiger partial charge on any atom is -0.452 e. The third-order valence-electron chi connectivity index (χ3n) is 4.82. The van der Waals surface area contributed by atoms with Crippen LogP contribution in [0.3, 0.4) is 0 Å². The SMILES string of the molecule is CC(C)[C@H](C)NC(=O)COC(=O)c1cccc(S(=O)(=O)N2C[C@@H](C)O[C@H](C)C2)c1. The van der Waals surface area contributed by atoms with Crippen LogP contribution in [0.4, 0.5) is 0 Å². The quantitative estimate of drug-likeness (QED) is 0.667. The molecule has 2 rings (SSSR count). The largest absolute Gasteiger partial charge is 0.452 e. The summed E-state index contributed by atoms with van der Waals surface area (Å²) in [4.78, 5) is 24.2. The Morgan fingerprint density at radius 1 is 1.21 bits per heavy atom. The van der Waals surface area contributed by atoms with Gasteiger partial charge in [0.25, 0.3) is 5.91 Å². The van der Waals surface area contributed by atoms with Crippen LogP contribution in [0, 0.1) is 5.92 Å². The van der Waals surface area contributed by atoms with Crippen molar-refractivity contribution in [2.75, 3.05) is 19.7 Å². The molecule has 1 aliphatic heterocycles. The van der Waals surface area contributed by atoms with Gasteiger partial charge in [0.2, 0.25) is 10.0 Å². The van der Waals surface area contributed by atoms with Crippen LogP contribution in [-0.2, 0) is 24.3 Å². The van der Waals surface area contributed by atoms with Gasteiger partial charge in [-0.05, 0) is 44.9 Å². The molecule has 1 aliphatic rings. The van der Waals surface area contributed by atoms with Gasteiger partial charge in [0.15, 0.2) is 6.61 Å². The molecular formula is C20H30N2O6S. The zero-order valence-corrected chi connectivity index (χ0v) is 18.4. The van der Waals surface area contributed by atoms with E-state index in [9.17, 15) is 18.0 Å². The van der Waals surface area contributed by atoms with E-state index in [-0.39, 0.29) is 47.7 Å². The molecule has 0 aromatic heterocycles. The number of benzene rings is 1. The molecule has 162 valence electrons. The third kappa shape index (κ3) is 6.25. The molecule has 9 heteroatoms. The highest BCUT2D eigenvalue weighted by Gasteiger charge is 2.32. The van der Waals surface area contributed by atoms with Crippen molar-refractivity contribution in [3.05, 3.63) is 29.8 Å². The van der Waals surface area contributed by atoms with Crippen molar-refractivity contribution < 1.29 is 27.5 Å². The minimum absolute atomic E-state index is 0.00568. The highest BCUT2D eigenvalue weighted by Crippen LogP contribution is 2.22. The van der Waals surface area contributed by atoms with Crippen LogP contribution in [0.1, 0.15) is 45.0 Å². The monoisotopic (exact) mass is 426 g/mol. The number of esters is 1. The van der Waals surface area contributed by atoms with Gasteiger partial charge in [-0.15, -0.1) is 0 Å². The van der Waals surface area contributed by atoms with Gasteiger partial charge < -0.3 is 14.8 Å². The van der Waals surface area contributed by atoms with Gasteiger partial charge in [0.1, 0.15) is 0 Å². The van der Waals surface area contributed by atoms with Crippen LogP contribution in [-0.4, -0.2) is 62.5 Å². The average molecular weight is 427 g/mol. The van der Waals surface area contributed by atoms with Gasteiger partial charge in [-0.3, -0.25) is 4.79 Å². The molecule has 1 N–H and O–H groups in total. The first-order valence-corrected chi connectivity index (χ1v) is 11.2. The molecule has 0 unspecified atom stereocenters. The Balaban J connectivity index is 2.06. The summed E-state index contributed by atoms with van der Waals surface area (Å²) < 4.78 is 37.9. The molecule has 1 fully saturated rings. The molecule has 29 heavy (non-hydrogen) atoms. The van der Waals surface area contributed by atoms with Crippen LogP contribution < -0.4 is 5.32 Å². The Bertz CT molecular complexity index is 829. The normalized spacial score (nSPS) is 21.6. The van der Waals surface area contributed by atoms with Crippen molar-refractivity contribution in [2.45, 2.75) is 57.8 Å². The second-order valence-electron chi connectivity index (χ2n) is 7.78. The molecule has 1 aromatic carbocycles. The van der Waals surface area contributed by atoms with E-state index in [1.807, 2.05) is 34.6 Å². The lowest BCUT2D eigenvalue weighted by atomic mass is 10.1. The fraction of sp³-hybridized carbons (Fsp3) is 0.600. The predicted molar refractivity (Wildman–Crippen MR) is 108 cm³/mol. The van der Waals surface area contributed by atoms with Crippen molar-refractivity contribution >= 4 is 21.9 Å². The van der Waals surface area contributed by atoms with Gasteiger partial charge in [0, 0.05) is 19.1 Å². The number of amides is 1. The molecule has 0 spiro atoms. The van der Waals surface area contributed by atoms with Crippen LogP contribution >= 0.6 is 0 Å². The van der Waals surface area contributed by atoms with Crippen LogP contribution in [0.5, 0.6) is 0 Å². The summed E-state index contributed by atoms with van der Waals surface area (Å²) in [6.45, 7) is 9.51. The zero-order valence-electron chi connectivity index (χ0n) is 17.5. The van der Waals surface area contributed by atoms with E-state index in [0.717, 1.165) is 0 Å². The number of hydrogen-bond donors (Lipinski definition) is 1. The first-order chi connectivity index (χ1) is 13.5. The molecule has 1 saturated heterocycles. The van der Waals surface area contributed by atoms with Gasteiger partial charge >= 0.3 is 5.97 Å². The molecule has 1 amide bonds. The van der Waals surface area contributed by atoms with Crippen LogP contribution in [0.25, 0.3) is 0 Å². The number of carbonyl (C=O) groups excluding carboxylic acids is 2. The number of morpholine rings is 1. The second kappa shape index (κ2) is 9.69. The molecule has 3 atom stereocenters. The number of sulfonamides is 1. The van der Waals surface area contributed by atoms with Crippen molar-refractivity contribution in [3.8, 4) is 0 Å². The maximum Gasteiger partial charge on any atom is 0.338 e. The maximum absolute atomic E-state index is 13.0. The average Bonchev–Trinajstić information content (AvgIpc) is 2.65. The predicted octanol–water partition coefficient (Wildman–Crippen LogP) is 1.80. The summed E-state index contributed by atoms with van der Waals surface area (Å²) in [5, 5.41) is 2.74. The summed E-state index contributed by atoms with van der Waals surface area (Å²) in [6, 6.07) is 5.61. The lowest BCUT2D eigenvalue weighted by Crippen LogP contribution is -2.48. The van der Waals surface area contributed by atoms with Gasteiger partial charge in [0.05, 0.1) is 22.7 Å². The maximum atomic E-state index is 13.0. The number of hydrogen-bond acceptors (Lipinski definition) is 6. The van der Waals surface area contributed by atoms with Crippen molar-refractivity contribution in [3.63, 3.8) is 0 Å². The van der Waals surface area contributed by atoms with Crippen molar-refractivity contribution in [2.24, 2.45) is 5.92 Å². The van der Waals surface area contributed by atoms with Crippen LogP contribution in [0.2, 0.25) is 0 Å². The summed E-state index contributed by atoms with van der Waals surface area (Å²) in [7, 11) is -3.77. The first kappa shape index (κ1) is 23.3. The molecule has 1 aromatic rings. The molecule has 0 radical (unpaired) electrons. The number of nitrogens with zero attached hydrogens (tertiary/aromatic N) is 1. The Morgan fingerprint density at radius 2 is 1.83 bits per heavy atom. The van der Waals surface area contributed by atoms with Crippen molar-refractivity contribution in [1.82, 2.24) is 9.62 Å². The first-order valence-electron chi connectivity index (χ1n) is 9.73. The summed E-state index contributed by atoms with van der Waals surface area (Å²) in [5.74, 6) is -0.903. The highest BCUT2D eigenvalue weighted by atomic mass is 32.2. The molecule has 0 aliphatic carbocycles. The Morgan fingerprint density at radius 3 is 2.41 bits per heavy atom. The lowest BCUT2D eigenvalue weighted by molar-refractivity contribution is -0.125. The zero-order chi connectivity index (χ0) is 21.8. The second-order valence-corrected chi connectivity index (χ2v) is 9.72. The number of ether oxygens (including phenoxy) is 2. The van der Waals surface area contributed by atoms with Gasteiger partial charge in [-0.2, -0.15) is 4.31 Å². The summed E-state index contributed by atoms with van der Waals surface area (Å²) in [5.41, 5.74) is 0.0742. The van der Waals surface area contributed by atoms with Gasteiger partial charge in [-0.1, -0.05) is 19.9 Å². The number of carbonyl (C=O) groups is 2. The van der Waals surface area contributed by atoms with Crippen LogP contribution in [0.15, 0.2) is 29.2 Å². The summed E-state index contributed by atoms with van der Waals surface area (Å²) >= 11 is 0. The smallest absolute Gasteiger partial charge is 0.338 e. The lowest BCUT2D eigenvalue weighted by Gasteiger charge is -2.34. The molecule has 8 nitrogen and oxygen atoms in total. The highest BCUT2D eigenvalue weighted by molar-refractivity contribution is 7.89. The van der Waals surface area contributed by atoms with E-state index in [4.69, 9.17) is 9.47 Å². The molecular weight excluding hydrogens is 396 g/mol. The van der Waals surface area contributed by atoms with Crippen molar-refractivity contribution in [1.29, 1.82) is 0 Å². The Hall–Kier alpha value is -1.97. The van der Waals surface area contributed by atoms with E-state index >= 15 is 0 Å². The summed E-state index contributed by atoms with van der Waals surface area (Å²) in [6.07, 6.45) is -0.429. The fourth-order valence-electron chi connectivity index (χ4n) is 2.94. The van der Waals surface area contributed by atoms with E-state index < -0.39 is 28.5 Å². The third-order valence-corrected chi connectivity index (χ3v) is 6.64. The molecule has 0 saturated carbocycles. The Labute approximate surface area is 172 Å². The topological polar surface area (TPSA) is 102 Å². The van der Waals surface area contributed by atoms with E-state index in [0.29, 0.717) is 0 Å². The van der Waals surface area contributed by atoms with E-state index in [1.54, 1.807) is 0 Å². The fourth-order valence-corrected chi connectivity index (χ4v) is 4.57. The minimum atomic E-state index is -3.77. The van der Waals surface area contributed by atoms with E-state index in [2.05, 4.69) is 5.32 Å².